The van der Waals surface area contributed by atoms with Crippen LogP contribution >= 0.6 is 0 Å². The third kappa shape index (κ3) is 5.36. The number of hydrogen-bond acceptors (Lipinski definition) is 0. The van der Waals surface area contributed by atoms with Gasteiger partial charge in [0, 0.05) is 0 Å². The summed E-state index contributed by atoms with van der Waals surface area (Å²) in [6.45, 7) is 27.5. The van der Waals surface area contributed by atoms with Crippen LogP contribution in [-0.2, 0) is 38.5 Å². The summed E-state index contributed by atoms with van der Waals surface area (Å²) in [5, 5.41) is 1.76. The average Bonchev–Trinajstić information content (AvgIpc) is 3.57. The molecule has 1 saturated carbocycles. The maximum atomic E-state index is 2.72. The van der Waals surface area contributed by atoms with Crippen LogP contribution in [-0.4, -0.2) is 11.3 Å². The smallest absolute Gasteiger partial charge is 1.00 e. The monoisotopic (exact) mass is 732 g/mol. The summed E-state index contributed by atoms with van der Waals surface area (Å²) >= 11 is -2.32. The zero-order chi connectivity index (χ0) is 30.8. The number of halogens is 2. The van der Waals surface area contributed by atoms with Gasteiger partial charge >= 0.3 is 272 Å². The molecule has 1 unspecified atom stereocenters. The van der Waals surface area contributed by atoms with E-state index in [1.807, 2.05) is 9.77 Å². The summed E-state index contributed by atoms with van der Waals surface area (Å²) in [4.78, 5) is 0. The van der Waals surface area contributed by atoms with Gasteiger partial charge in [-0.25, -0.2) is 0 Å². The Labute approximate surface area is 294 Å². The molecule has 0 N–H and O–H groups in total. The first kappa shape index (κ1) is 35.3. The van der Waals surface area contributed by atoms with Gasteiger partial charge < -0.3 is 24.8 Å². The summed E-state index contributed by atoms with van der Waals surface area (Å²) < 4.78 is 5.87. The number of allylic oxidation sites excluding steroid dienone is 8. The van der Waals surface area contributed by atoms with Gasteiger partial charge in [-0.05, 0) is 0 Å². The second kappa shape index (κ2) is 11.8. The summed E-state index contributed by atoms with van der Waals surface area (Å²) in [5.41, 5.74) is 17.3. The Hall–Kier alpha value is -1.05. The van der Waals surface area contributed by atoms with Crippen LogP contribution in [0.2, 0.25) is 19.6 Å². The van der Waals surface area contributed by atoms with E-state index in [2.05, 4.69) is 111 Å². The third-order valence-corrected chi connectivity index (χ3v) is 23.9. The van der Waals surface area contributed by atoms with E-state index in [1.54, 1.807) is 33.0 Å². The van der Waals surface area contributed by atoms with Gasteiger partial charge in [0.1, 0.15) is 0 Å². The van der Waals surface area contributed by atoms with Crippen molar-refractivity contribution in [1.29, 1.82) is 0 Å². The minimum Gasteiger partial charge on any atom is -1.00 e. The van der Waals surface area contributed by atoms with E-state index in [0.717, 1.165) is 6.42 Å². The minimum absolute atomic E-state index is 0. The normalized spacial score (nSPS) is 22.1. The quantitative estimate of drug-likeness (QED) is 0.314. The van der Waals surface area contributed by atoms with Gasteiger partial charge in [0.15, 0.2) is 0 Å². The van der Waals surface area contributed by atoms with E-state index in [0.29, 0.717) is 5.92 Å². The summed E-state index contributed by atoms with van der Waals surface area (Å²) in [6, 6.07) is 10.4. The van der Waals surface area contributed by atoms with Crippen molar-refractivity contribution in [3.63, 3.8) is 0 Å². The Bertz CT molecular complexity index is 1780. The first-order chi connectivity index (χ1) is 20.1. The maximum Gasteiger partial charge on any atom is -1.00 e. The molecular formula is C41H52Cl2SiZr. The molecule has 0 bridgehead atoms. The fourth-order valence-corrected chi connectivity index (χ4v) is 22.4. The van der Waals surface area contributed by atoms with Gasteiger partial charge in [-0.2, -0.15) is 0 Å². The molecule has 238 valence electrons. The number of benzene rings is 2. The first-order valence-electron chi connectivity index (χ1n) is 17.0. The molecule has 0 amide bonds. The molecule has 45 heavy (non-hydrogen) atoms. The second-order valence-corrected chi connectivity index (χ2v) is 27.8. The third-order valence-electron chi connectivity index (χ3n) is 11.7. The van der Waals surface area contributed by atoms with Crippen LogP contribution in [0.15, 0.2) is 53.7 Å². The van der Waals surface area contributed by atoms with Gasteiger partial charge in [-0.3, -0.25) is 0 Å². The molecule has 1 fully saturated rings. The van der Waals surface area contributed by atoms with Crippen molar-refractivity contribution >= 4 is 22.4 Å². The van der Waals surface area contributed by atoms with Crippen molar-refractivity contribution in [2.24, 2.45) is 5.92 Å². The molecule has 0 radical (unpaired) electrons. The van der Waals surface area contributed by atoms with Crippen molar-refractivity contribution in [3.05, 3.63) is 87.1 Å². The predicted molar refractivity (Wildman–Crippen MR) is 188 cm³/mol. The SMILES string of the molecule is CC1=CC(C)(C)c2cc3c(cc21)-c1cc2c(cc1C3)C(C)(C)[C]([Zr+2]([C]1=C(C)C([Si](C)(C)C)=CC1C)=[C]1CCCCC1)=C2C.[Cl-].[Cl-]. The van der Waals surface area contributed by atoms with Gasteiger partial charge in [-0.15, -0.1) is 0 Å². The van der Waals surface area contributed by atoms with Crippen LogP contribution in [0.5, 0.6) is 0 Å². The molecule has 0 saturated heterocycles. The van der Waals surface area contributed by atoms with Gasteiger partial charge in [0.2, 0.25) is 0 Å². The summed E-state index contributed by atoms with van der Waals surface area (Å²) in [7, 11) is -1.38. The topological polar surface area (TPSA) is 0 Å². The van der Waals surface area contributed by atoms with E-state index in [9.17, 15) is 0 Å². The predicted octanol–water partition coefficient (Wildman–Crippen LogP) is 5.46. The molecule has 7 rings (SSSR count). The minimum atomic E-state index is -2.32. The van der Waals surface area contributed by atoms with Crippen LogP contribution in [0.4, 0.5) is 0 Å². The molecule has 1 atom stereocenters. The van der Waals surface area contributed by atoms with E-state index in [1.165, 1.54) is 65.5 Å². The van der Waals surface area contributed by atoms with Gasteiger partial charge in [-0.1, -0.05) is 0 Å². The van der Waals surface area contributed by atoms with Crippen LogP contribution in [0.1, 0.15) is 121 Å². The van der Waals surface area contributed by atoms with Crippen LogP contribution in [0, 0.1) is 5.92 Å². The fourth-order valence-electron chi connectivity index (χ4n) is 9.81. The summed E-state index contributed by atoms with van der Waals surface area (Å²) in [5.74, 6) is 0.616. The van der Waals surface area contributed by atoms with E-state index in [-0.39, 0.29) is 35.6 Å². The molecule has 5 aliphatic rings. The Balaban J connectivity index is 0.00000200. The molecule has 0 nitrogen and oxygen atoms in total. The summed E-state index contributed by atoms with van der Waals surface area (Å²) in [6.07, 6.45) is 13.3. The maximum absolute atomic E-state index is 2.72. The van der Waals surface area contributed by atoms with Gasteiger partial charge in [0.25, 0.3) is 0 Å². The Morgan fingerprint density at radius 2 is 1.31 bits per heavy atom. The first-order valence-corrected chi connectivity index (χ1v) is 24.2. The van der Waals surface area contributed by atoms with Crippen molar-refractivity contribution in [2.75, 3.05) is 0 Å². The largest absolute Gasteiger partial charge is 1.00 e. The Morgan fingerprint density at radius 1 is 0.733 bits per heavy atom. The molecule has 4 heteroatoms. The zero-order valence-electron chi connectivity index (χ0n) is 29.5. The molecule has 0 aliphatic heterocycles. The Kier molecular flexibility index (Phi) is 9.27. The van der Waals surface area contributed by atoms with Crippen molar-refractivity contribution in [2.45, 2.75) is 124 Å². The van der Waals surface area contributed by atoms with Crippen LogP contribution in [0.25, 0.3) is 22.3 Å². The molecule has 0 spiro atoms. The van der Waals surface area contributed by atoms with Crippen molar-refractivity contribution in [1.82, 2.24) is 0 Å². The zero-order valence-corrected chi connectivity index (χ0v) is 34.5. The Morgan fingerprint density at radius 3 is 1.89 bits per heavy atom. The molecular weight excluding hydrogens is 683 g/mol. The fraction of sp³-hybridized carbons (Fsp3) is 0.488. The number of hydrogen-bond donors (Lipinski definition) is 0. The molecule has 0 heterocycles. The van der Waals surface area contributed by atoms with E-state index in [4.69, 9.17) is 0 Å². The van der Waals surface area contributed by atoms with E-state index < -0.39 is 29.3 Å². The second-order valence-electron chi connectivity index (χ2n) is 16.7. The average molecular weight is 735 g/mol. The molecule has 0 aromatic heterocycles. The van der Waals surface area contributed by atoms with Crippen molar-refractivity contribution < 1.29 is 46.1 Å². The van der Waals surface area contributed by atoms with Gasteiger partial charge in [0.05, 0.1) is 0 Å². The molecule has 2 aromatic carbocycles. The molecule has 5 aliphatic carbocycles. The number of fused-ring (bicyclic) bond motifs is 5. The molecule has 2 aromatic rings. The van der Waals surface area contributed by atoms with Crippen molar-refractivity contribution in [3.8, 4) is 11.1 Å². The standard InChI is InChI=1S/C25H25.C10H17Si.C6H10.2ClH.Zr/c1-14-12-24(3,4)22-8-16-7-17-9-23-19(15(2)13-25(23,5)6)11-21(17)20(16)10-18(14)22;1-8-6-9(2)10(7-8)11(3,4)5;1-2-4-6-5-3-1;;;/h8-12H,7H2,1-6H3;7-8H,1-5H3;1-5H2;2*1H;/q;;;;;+2/p-2. The van der Waals surface area contributed by atoms with E-state index >= 15 is 0 Å². The van der Waals surface area contributed by atoms with Crippen LogP contribution < -0.4 is 24.8 Å². The number of rotatable bonds is 3. The van der Waals surface area contributed by atoms with Crippen LogP contribution in [0.3, 0.4) is 0 Å².